The number of nitrogens with zero attached hydrogens (tertiary/aromatic N) is 1. The maximum atomic E-state index is 12.4. The summed E-state index contributed by atoms with van der Waals surface area (Å²) in [6.07, 6.45) is 6.75. The Labute approximate surface area is 145 Å². The van der Waals surface area contributed by atoms with Gasteiger partial charge < -0.3 is 17.8 Å². The zero-order chi connectivity index (χ0) is 12.2. The molecule has 1 fully saturated rings. The van der Waals surface area contributed by atoms with E-state index in [0.29, 0.717) is 6.04 Å². The van der Waals surface area contributed by atoms with Crippen LogP contribution < -0.4 is 51.4 Å². The van der Waals surface area contributed by atoms with E-state index in [2.05, 4.69) is 6.58 Å². The summed E-state index contributed by atoms with van der Waals surface area (Å²) in [7, 11) is 1.78. The first-order valence-corrected chi connectivity index (χ1v) is 5.99. The van der Waals surface area contributed by atoms with Crippen molar-refractivity contribution in [1.82, 2.24) is 4.90 Å². The van der Waals surface area contributed by atoms with Gasteiger partial charge in [0.1, 0.15) is 0 Å². The summed E-state index contributed by atoms with van der Waals surface area (Å²) in [5, 5.41) is 0. The zero-order valence-corrected chi connectivity index (χ0v) is 14.0. The van der Waals surface area contributed by atoms with Crippen LogP contribution in [0, 0.1) is 0 Å². The summed E-state index contributed by atoms with van der Waals surface area (Å²) in [4.78, 5) is 1.82. The van der Waals surface area contributed by atoms with Crippen molar-refractivity contribution in [3.63, 3.8) is 0 Å². The van der Waals surface area contributed by atoms with Crippen molar-refractivity contribution in [3.05, 3.63) is 12.1 Å². The van der Waals surface area contributed by atoms with Crippen LogP contribution in [0.15, 0.2) is 12.1 Å². The van der Waals surface area contributed by atoms with Gasteiger partial charge in [0.15, 0.2) is 0 Å². The molecule has 0 aromatic carbocycles. The molecule has 17 heavy (non-hydrogen) atoms. The van der Waals surface area contributed by atoms with Crippen molar-refractivity contribution in [2.45, 2.75) is 44.6 Å². The normalized spacial score (nSPS) is 18.6. The Hall–Kier alpha value is 1.19. The third kappa shape index (κ3) is 6.78. The average molecular weight is 273 g/mol. The van der Waals surface area contributed by atoms with Crippen molar-refractivity contribution in [2.24, 2.45) is 0 Å². The average Bonchev–Trinajstić information content (AvgIpc) is 2.43. The predicted octanol–water partition coefficient (Wildman–Crippen LogP) is 0.588. The van der Waals surface area contributed by atoms with Gasteiger partial charge in [0.05, 0.1) is 0 Å². The minimum absolute atomic E-state index is 0. The first kappa shape index (κ1) is 18.2. The van der Waals surface area contributed by atoms with Crippen LogP contribution in [0.5, 0.6) is 0 Å². The molecule has 1 aliphatic rings. The molecule has 0 heterocycles. The molecule has 1 rings (SSSR count). The molecule has 0 atom stereocenters. The predicted molar refractivity (Wildman–Crippen MR) is 62.3 cm³/mol. The minimum Gasteiger partial charge on any atom is -0.445 e. The summed E-state index contributed by atoms with van der Waals surface area (Å²) < 4.78 is 37.2. The molecule has 0 aromatic heterocycles. The maximum Gasteiger partial charge on any atom is 1.00 e. The van der Waals surface area contributed by atoms with Crippen LogP contribution >= 0.6 is 0 Å². The van der Waals surface area contributed by atoms with Crippen molar-refractivity contribution in [3.8, 4) is 0 Å². The maximum absolute atomic E-state index is 12.4. The van der Waals surface area contributed by atoms with Gasteiger partial charge in [0.25, 0.3) is 0 Å². The molecule has 0 aromatic rings. The standard InChI is InChI=1S/C11H20BF3N.K/c1-10(12(13,14)15)9-16(2)11-7-5-3-4-6-8-11;/h11H,1,3-9H2,2H3;/q-1;+1. The van der Waals surface area contributed by atoms with E-state index in [4.69, 9.17) is 0 Å². The quantitative estimate of drug-likeness (QED) is 0.535. The van der Waals surface area contributed by atoms with Crippen LogP contribution in [0.1, 0.15) is 38.5 Å². The summed E-state index contributed by atoms with van der Waals surface area (Å²) >= 11 is 0. The topological polar surface area (TPSA) is 3.24 Å². The molecule has 1 aliphatic carbocycles. The molecule has 0 amide bonds. The summed E-state index contributed by atoms with van der Waals surface area (Å²) in [5.74, 6) is 0. The molecule has 6 heteroatoms. The summed E-state index contributed by atoms with van der Waals surface area (Å²) in [5.41, 5.74) is -0.577. The van der Waals surface area contributed by atoms with Gasteiger partial charge in [-0.1, -0.05) is 25.7 Å². The van der Waals surface area contributed by atoms with E-state index in [1.807, 2.05) is 4.90 Å². The van der Waals surface area contributed by atoms with Gasteiger partial charge in [-0.15, -0.1) is 12.1 Å². The molecule has 94 valence electrons. The molecule has 0 spiro atoms. The molecule has 0 bridgehead atoms. The zero-order valence-electron chi connectivity index (χ0n) is 10.9. The molecule has 1 saturated carbocycles. The van der Waals surface area contributed by atoms with Crippen molar-refractivity contribution in [2.75, 3.05) is 13.6 Å². The third-order valence-corrected chi connectivity index (χ3v) is 3.36. The monoisotopic (exact) mass is 273 g/mol. The number of likely N-dealkylation sites (N-methyl/N-ethyl adjacent to an activating group) is 1. The van der Waals surface area contributed by atoms with Gasteiger partial charge in [-0.25, -0.2) is 0 Å². The minimum atomic E-state index is -4.87. The van der Waals surface area contributed by atoms with Crippen LogP contribution in [-0.4, -0.2) is 31.5 Å². The Morgan fingerprint density at radius 1 is 1.18 bits per heavy atom. The smallest absolute Gasteiger partial charge is 0.445 e. The van der Waals surface area contributed by atoms with Crippen LogP contribution in [0.3, 0.4) is 0 Å². The fourth-order valence-electron chi connectivity index (χ4n) is 2.25. The Kier molecular flexibility index (Phi) is 8.97. The molecular weight excluding hydrogens is 253 g/mol. The van der Waals surface area contributed by atoms with Gasteiger partial charge in [-0.05, 0) is 26.4 Å². The second kappa shape index (κ2) is 8.38. The van der Waals surface area contributed by atoms with Crippen molar-refractivity contribution >= 4 is 6.98 Å². The van der Waals surface area contributed by atoms with Gasteiger partial charge in [0, 0.05) is 6.04 Å². The third-order valence-electron chi connectivity index (χ3n) is 3.36. The van der Waals surface area contributed by atoms with Crippen LogP contribution in [-0.2, 0) is 0 Å². The fourth-order valence-corrected chi connectivity index (χ4v) is 2.25. The molecule has 0 aliphatic heterocycles. The molecule has 0 radical (unpaired) electrons. The van der Waals surface area contributed by atoms with E-state index in [1.165, 1.54) is 12.8 Å². The number of rotatable bonds is 4. The molecular formula is C11H20BF3KN. The molecule has 1 nitrogen and oxygen atoms in total. The van der Waals surface area contributed by atoms with E-state index in [1.54, 1.807) is 7.05 Å². The van der Waals surface area contributed by atoms with E-state index >= 15 is 0 Å². The Balaban J connectivity index is 0.00000256. The largest absolute Gasteiger partial charge is 1.00 e. The Morgan fingerprint density at radius 3 is 2.06 bits per heavy atom. The van der Waals surface area contributed by atoms with Gasteiger partial charge in [-0.3, -0.25) is 0 Å². The van der Waals surface area contributed by atoms with Gasteiger partial charge >= 0.3 is 58.4 Å². The Morgan fingerprint density at radius 2 is 1.65 bits per heavy atom. The number of hydrogen-bond donors (Lipinski definition) is 0. The van der Waals surface area contributed by atoms with E-state index in [-0.39, 0.29) is 57.9 Å². The van der Waals surface area contributed by atoms with Gasteiger partial charge in [-0.2, -0.15) is 0 Å². The summed E-state index contributed by atoms with van der Waals surface area (Å²) in [6.45, 7) is -1.76. The van der Waals surface area contributed by atoms with Crippen molar-refractivity contribution in [1.29, 1.82) is 0 Å². The molecule has 0 N–H and O–H groups in total. The van der Waals surface area contributed by atoms with Crippen molar-refractivity contribution < 1.29 is 64.3 Å². The van der Waals surface area contributed by atoms with Crippen LogP contribution in [0.25, 0.3) is 0 Å². The van der Waals surface area contributed by atoms with E-state index in [9.17, 15) is 12.9 Å². The Bertz CT molecular complexity index is 237. The first-order valence-electron chi connectivity index (χ1n) is 5.99. The van der Waals surface area contributed by atoms with E-state index < -0.39 is 12.4 Å². The van der Waals surface area contributed by atoms with Gasteiger partial charge in [0.2, 0.25) is 0 Å². The fraction of sp³-hybridized carbons (Fsp3) is 0.818. The number of hydrogen-bond acceptors (Lipinski definition) is 1. The SMILES string of the molecule is C=C(CN(C)C1CCCCCC1)[B-](F)(F)F.[K+]. The number of halogens is 3. The second-order valence-electron chi connectivity index (χ2n) is 4.79. The van der Waals surface area contributed by atoms with E-state index in [0.717, 1.165) is 25.7 Å². The summed E-state index contributed by atoms with van der Waals surface area (Å²) in [6, 6.07) is 0.303. The molecule has 0 unspecified atom stereocenters. The van der Waals surface area contributed by atoms with Crippen LogP contribution in [0.4, 0.5) is 12.9 Å². The molecule has 0 saturated heterocycles. The first-order chi connectivity index (χ1) is 7.41. The second-order valence-corrected chi connectivity index (χ2v) is 4.79. The van der Waals surface area contributed by atoms with Crippen LogP contribution in [0.2, 0.25) is 0 Å².